The molecule has 32 heavy (non-hydrogen) atoms. The molecule has 170 valence electrons. The van der Waals surface area contributed by atoms with Crippen molar-refractivity contribution in [2.45, 2.75) is 19.8 Å². The van der Waals surface area contributed by atoms with Crippen LogP contribution < -0.4 is 16.0 Å². The van der Waals surface area contributed by atoms with Gasteiger partial charge >= 0.3 is 0 Å². The van der Waals surface area contributed by atoms with Crippen LogP contribution in [0.2, 0.25) is 0 Å². The number of hydrogen-bond acceptors (Lipinski definition) is 4. The number of aryl methyl sites for hydroxylation is 1. The van der Waals surface area contributed by atoms with Crippen LogP contribution in [0.3, 0.4) is 0 Å². The fourth-order valence-corrected chi connectivity index (χ4v) is 3.12. The summed E-state index contributed by atoms with van der Waals surface area (Å²) in [5, 5.41) is 9.24. The average molecular weight is 547 g/mol. The van der Waals surface area contributed by atoms with Gasteiger partial charge in [-0.1, -0.05) is 29.8 Å². The van der Waals surface area contributed by atoms with Crippen molar-refractivity contribution >= 4 is 35.8 Å². The third-order valence-electron chi connectivity index (χ3n) is 4.87. The molecule has 0 aliphatic rings. The molecule has 0 atom stereocenters. The first-order chi connectivity index (χ1) is 15.1. The number of guanidine groups is 1. The fraction of sp³-hybridized carbons (Fsp3) is 0.292. The Morgan fingerprint density at radius 2 is 1.78 bits per heavy atom. The highest BCUT2D eigenvalue weighted by molar-refractivity contribution is 14.0. The standard InChI is InChI=1S/C24H29N5O2.HI/c1-17-7-9-19(10-8-17)23-29-21(16-31-23)12-14-28-24(26-3)27-13-11-18-5-4-6-20(15-18)22(30)25-2;/h4-10,15-16H,11-14H2,1-3H3,(H,25,30)(H2,26,27,28);1H. The van der Waals surface area contributed by atoms with Gasteiger partial charge in [0, 0.05) is 44.7 Å². The van der Waals surface area contributed by atoms with E-state index in [1.165, 1.54) is 5.56 Å². The van der Waals surface area contributed by atoms with Crippen molar-refractivity contribution < 1.29 is 9.21 Å². The van der Waals surface area contributed by atoms with Crippen molar-refractivity contribution in [1.29, 1.82) is 0 Å². The van der Waals surface area contributed by atoms with E-state index >= 15 is 0 Å². The summed E-state index contributed by atoms with van der Waals surface area (Å²) in [4.78, 5) is 20.6. The number of carbonyl (C=O) groups is 1. The quantitative estimate of drug-likeness (QED) is 0.228. The summed E-state index contributed by atoms with van der Waals surface area (Å²) in [6.07, 6.45) is 3.21. The van der Waals surface area contributed by atoms with E-state index in [0.29, 0.717) is 24.5 Å². The van der Waals surface area contributed by atoms with Crippen molar-refractivity contribution in [2.24, 2.45) is 4.99 Å². The molecule has 0 fully saturated rings. The number of nitrogens with zero attached hydrogens (tertiary/aromatic N) is 2. The minimum absolute atomic E-state index is 0. The molecule has 1 heterocycles. The molecular formula is C24H30IN5O2. The normalized spacial score (nSPS) is 10.9. The average Bonchev–Trinajstić information content (AvgIpc) is 3.27. The van der Waals surface area contributed by atoms with Crippen LogP contribution in [-0.4, -0.2) is 44.0 Å². The summed E-state index contributed by atoms with van der Waals surface area (Å²) < 4.78 is 5.61. The van der Waals surface area contributed by atoms with E-state index in [0.717, 1.165) is 35.6 Å². The Labute approximate surface area is 206 Å². The Morgan fingerprint density at radius 3 is 2.47 bits per heavy atom. The molecule has 0 aliphatic carbocycles. The van der Waals surface area contributed by atoms with Gasteiger partial charge in [0.2, 0.25) is 5.89 Å². The van der Waals surface area contributed by atoms with E-state index in [9.17, 15) is 4.79 Å². The van der Waals surface area contributed by atoms with Crippen LogP contribution in [0.25, 0.3) is 11.5 Å². The highest BCUT2D eigenvalue weighted by Gasteiger charge is 2.07. The van der Waals surface area contributed by atoms with Crippen LogP contribution in [-0.2, 0) is 12.8 Å². The largest absolute Gasteiger partial charge is 0.444 e. The second-order valence-electron chi connectivity index (χ2n) is 7.22. The summed E-state index contributed by atoms with van der Waals surface area (Å²) in [5.41, 5.74) is 4.83. The monoisotopic (exact) mass is 547 g/mol. The van der Waals surface area contributed by atoms with E-state index in [-0.39, 0.29) is 29.9 Å². The molecule has 2 aromatic carbocycles. The number of aliphatic imine (C=N–C) groups is 1. The number of aromatic nitrogens is 1. The zero-order valence-electron chi connectivity index (χ0n) is 18.6. The molecule has 0 spiro atoms. The van der Waals surface area contributed by atoms with Crippen molar-refractivity contribution in [3.8, 4) is 11.5 Å². The van der Waals surface area contributed by atoms with Crippen LogP contribution in [0, 0.1) is 6.92 Å². The number of nitrogens with one attached hydrogen (secondary N) is 3. The lowest BCUT2D eigenvalue weighted by Crippen LogP contribution is -2.39. The lowest BCUT2D eigenvalue weighted by molar-refractivity contribution is 0.0963. The predicted molar refractivity (Wildman–Crippen MR) is 139 cm³/mol. The molecule has 0 saturated heterocycles. The van der Waals surface area contributed by atoms with Crippen molar-refractivity contribution in [2.75, 3.05) is 27.2 Å². The van der Waals surface area contributed by atoms with Gasteiger partial charge in [-0.3, -0.25) is 9.79 Å². The maximum absolute atomic E-state index is 11.8. The first kappa shape index (κ1) is 25.4. The lowest BCUT2D eigenvalue weighted by atomic mass is 10.1. The van der Waals surface area contributed by atoms with Crippen LogP contribution in [0.1, 0.15) is 27.2 Å². The Balaban J connectivity index is 0.00000363. The SMILES string of the molecule is CN=C(NCCc1cccc(C(=O)NC)c1)NCCc1coc(-c2ccc(C)cc2)n1.I. The van der Waals surface area contributed by atoms with Crippen LogP contribution >= 0.6 is 24.0 Å². The van der Waals surface area contributed by atoms with Gasteiger partial charge < -0.3 is 20.4 Å². The lowest BCUT2D eigenvalue weighted by Gasteiger charge is -2.11. The molecule has 3 rings (SSSR count). The summed E-state index contributed by atoms with van der Waals surface area (Å²) in [7, 11) is 3.38. The minimum Gasteiger partial charge on any atom is -0.444 e. The summed E-state index contributed by atoms with van der Waals surface area (Å²) in [6.45, 7) is 3.45. The smallest absolute Gasteiger partial charge is 0.251 e. The number of carbonyl (C=O) groups excluding carboxylic acids is 1. The molecule has 1 amide bonds. The first-order valence-corrected chi connectivity index (χ1v) is 10.4. The van der Waals surface area contributed by atoms with E-state index in [1.54, 1.807) is 20.4 Å². The number of halogens is 1. The maximum Gasteiger partial charge on any atom is 0.251 e. The molecule has 0 bridgehead atoms. The highest BCUT2D eigenvalue weighted by atomic mass is 127. The van der Waals surface area contributed by atoms with E-state index < -0.39 is 0 Å². The molecule has 0 unspecified atom stereocenters. The van der Waals surface area contributed by atoms with Crippen LogP contribution in [0.15, 0.2) is 64.2 Å². The second kappa shape index (κ2) is 12.8. The Kier molecular flexibility index (Phi) is 10.2. The van der Waals surface area contributed by atoms with Crippen LogP contribution in [0.4, 0.5) is 0 Å². The highest BCUT2D eigenvalue weighted by Crippen LogP contribution is 2.19. The number of benzene rings is 2. The Bertz CT molecular complexity index is 1030. The maximum atomic E-state index is 11.8. The molecule has 0 aliphatic heterocycles. The van der Waals surface area contributed by atoms with Gasteiger partial charge in [-0.15, -0.1) is 24.0 Å². The zero-order valence-corrected chi connectivity index (χ0v) is 21.0. The summed E-state index contributed by atoms with van der Waals surface area (Å²) in [5.74, 6) is 1.28. The molecule has 1 aromatic heterocycles. The Hall–Kier alpha value is -2.88. The number of amides is 1. The molecule has 0 saturated carbocycles. The molecule has 7 nitrogen and oxygen atoms in total. The van der Waals surface area contributed by atoms with E-state index in [2.05, 4.69) is 32.9 Å². The zero-order chi connectivity index (χ0) is 22.1. The van der Waals surface area contributed by atoms with Gasteiger partial charge in [-0.25, -0.2) is 4.98 Å². The van der Waals surface area contributed by atoms with Gasteiger partial charge in [0.15, 0.2) is 5.96 Å². The second-order valence-corrected chi connectivity index (χ2v) is 7.22. The number of oxazole rings is 1. The van der Waals surface area contributed by atoms with E-state index in [4.69, 9.17) is 4.42 Å². The predicted octanol–water partition coefficient (Wildman–Crippen LogP) is 3.58. The topological polar surface area (TPSA) is 91.5 Å². The van der Waals surface area contributed by atoms with Crippen molar-refractivity contribution in [1.82, 2.24) is 20.9 Å². The van der Waals surface area contributed by atoms with E-state index in [1.807, 2.05) is 48.5 Å². The number of rotatable bonds is 8. The molecule has 0 radical (unpaired) electrons. The third-order valence-corrected chi connectivity index (χ3v) is 4.87. The minimum atomic E-state index is -0.0781. The third kappa shape index (κ3) is 7.37. The van der Waals surface area contributed by atoms with Gasteiger partial charge in [0.25, 0.3) is 5.91 Å². The van der Waals surface area contributed by atoms with Crippen molar-refractivity contribution in [3.63, 3.8) is 0 Å². The molecule has 3 N–H and O–H groups in total. The molecule has 8 heteroatoms. The summed E-state index contributed by atoms with van der Waals surface area (Å²) >= 11 is 0. The fourth-order valence-electron chi connectivity index (χ4n) is 3.12. The van der Waals surface area contributed by atoms with Gasteiger partial charge in [0.1, 0.15) is 6.26 Å². The van der Waals surface area contributed by atoms with Crippen LogP contribution in [0.5, 0.6) is 0 Å². The van der Waals surface area contributed by atoms with Crippen molar-refractivity contribution in [3.05, 3.63) is 77.2 Å². The summed E-state index contributed by atoms with van der Waals surface area (Å²) in [6, 6.07) is 15.8. The number of hydrogen-bond donors (Lipinski definition) is 3. The van der Waals surface area contributed by atoms with Gasteiger partial charge in [-0.2, -0.15) is 0 Å². The molecular weight excluding hydrogens is 517 g/mol. The van der Waals surface area contributed by atoms with Gasteiger partial charge in [-0.05, 0) is 43.2 Å². The Morgan fingerprint density at radius 1 is 1.06 bits per heavy atom. The molecule has 3 aromatic rings. The first-order valence-electron chi connectivity index (χ1n) is 10.4. The van der Waals surface area contributed by atoms with Gasteiger partial charge in [0.05, 0.1) is 5.69 Å².